The summed E-state index contributed by atoms with van der Waals surface area (Å²) in [6.07, 6.45) is 0. The predicted molar refractivity (Wildman–Crippen MR) is 71.2 cm³/mol. The van der Waals surface area contributed by atoms with E-state index in [9.17, 15) is 0 Å². The second kappa shape index (κ2) is 28.4. The van der Waals surface area contributed by atoms with Gasteiger partial charge >= 0.3 is 17.1 Å². The van der Waals surface area contributed by atoms with Crippen LogP contribution in [0.1, 0.15) is 41.5 Å². The molecule has 0 aliphatic rings. The van der Waals surface area contributed by atoms with Gasteiger partial charge in [0, 0.05) is 23.9 Å². The second-order valence-electron chi connectivity index (χ2n) is 3.79. The molecule has 0 aromatic rings. The van der Waals surface area contributed by atoms with Crippen LogP contribution in [0.3, 0.4) is 0 Å². The van der Waals surface area contributed by atoms with Gasteiger partial charge in [0.15, 0.2) is 0 Å². The van der Waals surface area contributed by atoms with Gasteiger partial charge in [-0.15, -0.1) is 0 Å². The molecule has 0 atom stereocenters. The van der Waals surface area contributed by atoms with Crippen LogP contribution >= 0.6 is 0 Å². The Labute approximate surface area is 146 Å². The quantitative estimate of drug-likeness (QED) is 0.265. The summed E-state index contributed by atoms with van der Waals surface area (Å²) in [4.78, 5) is 35.6. The largest absolute Gasteiger partial charge is 3.00 e. The van der Waals surface area contributed by atoms with Gasteiger partial charge in [-0.05, 0) is 41.5 Å². The summed E-state index contributed by atoms with van der Waals surface area (Å²) in [6, 6.07) is 0. The van der Waals surface area contributed by atoms with Gasteiger partial charge < -0.3 is 57.2 Å². The number of carbonyl (C=O) groups is 4. The van der Waals surface area contributed by atoms with Crippen LogP contribution in [0.2, 0.25) is 0 Å². The van der Waals surface area contributed by atoms with Crippen molar-refractivity contribution in [1.29, 1.82) is 0 Å². The third-order valence-electron chi connectivity index (χ3n) is 0. The van der Waals surface area contributed by atoms with Crippen LogP contribution in [0.5, 0.6) is 0 Å². The first kappa shape index (κ1) is 42.9. The molecule has 11 nitrogen and oxygen atoms in total. The van der Waals surface area contributed by atoms with Gasteiger partial charge in [0.2, 0.25) is 0 Å². The van der Waals surface area contributed by atoms with Crippen molar-refractivity contribution in [3.8, 4) is 0 Å². The first-order valence-electron chi connectivity index (χ1n) is 5.21. The fourth-order valence-electron chi connectivity index (χ4n) is 0. The van der Waals surface area contributed by atoms with Crippen molar-refractivity contribution in [3.05, 3.63) is 0 Å². The summed E-state index contributed by atoms with van der Waals surface area (Å²) < 4.78 is 0. The maximum Gasteiger partial charge on any atom is 3.00 e. The predicted octanol–water partition coefficient (Wildman–Crippen LogP) is -4.96. The van der Waals surface area contributed by atoms with Crippen LogP contribution in [0, 0.1) is 0 Å². The van der Waals surface area contributed by atoms with Crippen molar-refractivity contribution in [3.63, 3.8) is 0 Å². The smallest absolute Gasteiger partial charge is 0.550 e. The Morgan fingerprint density at radius 1 is 0.652 bits per heavy atom. The number of carbonyl (C=O) groups excluding carboxylic acids is 4. The van der Waals surface area contributed by atoms with Crippen LogP contribution in [-0.2, 0) is 36.2 Å². The number of hydrogen-bond acceptors (Lipinski definition) is 10. The van der Waals surface area contributed by atoms with E-state index in [4.69, 9.17) is 51.1 Å². The Balaban J connectivity index is -0.0000000273. The van der Waals surface area contributed by atoms with E-state index < -0.39 is 29.5 Å². The van der Waals surface area contributed by atoms with Crippen molar-refractivity contribution in [2.75, 3.05) is 0 Å². The van der Waals surface area contributed by atoms with Crippen molar-refractivity contribution >= 4 is 23.9 Å². The van der Waals surface area contributed by atoms with E-state index in [0.717, 1.165) is 27.7 Å². The van der Waals surface area contributed by atoms with Crippen molar-refractivity contribution in [1.82, 2.24) is 6.15 Å². The number of hydrogen-bond donors (Lipinski definition) is 3. The molecule has 0 heterocycles. The van der Waals surface area contributed by atoms with Gasteiger partial charge in [0.05, 0.1) is 5.66 Å². The minimum absolute atomic E-state index is 0. The number of carboxylic acid groups (broad SMARTS) is 4. The average molecular weight is 384 g/mol. The third-order valence-corrected chi connectivity index (χ3v) is 0. The van der Waals surface area contributed by atoms with Gasteiger partial charge in [0.25, 0.3) is 0 Å². The van der Waals surface area contributed by atoms with Gasteiger partial charge in [-0.25, -0.2) is 0 Å². The van der Waals surface area contributed by atoms with E-state index in [1.165, 1.54) is 0 Å². The maximum atomic E-state index is 8.89. The second-order valence-corrected chi connectivity index (χ2v) is 3.79. The number of quaternary nitrogens is 1. The molecule has 0 fully saturated rings. The molecular weight excluding hydrogens is 358 g/mol. The van der Waals surface area contributed by atoms with Gasteiger partial charge in [-0.3, -0.25) is 0 Å². The molecule has 0 rings (SSSR count). The number of carboxylic acids is 4. The van der Waals surface area contributed by atoms with E-state index >= 15 is 0 Å². The number of aliphatic carboxylic acids is 4. The van der Waals surface area contributed by atoms with Crippen LogP contribution < -0.4 is 38.0 Å². The van der Waals surface area contributed by atoms with Crippen molar-refractivity contribution < 1.29 is 56.7 Å². The van der Waals surface area contributed by atoms with Gasteiger partial charge in [-0.1, -0.05) is 0 Å². The summed E-state index contributed by atoms with van der Waals surface area (Å²) in [6.45, 7) is 7.37. The van der Waals surface area contributed by atoms with E-state index in [1.807, 2.05) is 0 Å². The molecule has 0 bridgehead atoms. The third kappa shape index (κ3) is 2290. The Hall–Kier alpha value is -1.72. The van der Waals surface area contributed by atoms with Crippen molar-refractivity contribution in [2.45, 2.75) is 47.2 Å². The zero-order chi connectivity index (χ0) is 18.8. The number of rotatable bonds is 0. The number of nitrogens with two attached hydrogens (primary N) is 2. The molecule has 0 saturated carbocycles. The van der Waals surface area contributed by atoms with E-state index in [2.05, 4.69) is 0 Å². The molecule has 0 aromatic carbocycles. The summed E-state index contributed by atoms with van der Waals surface area (Å²) >= 11 is 0. The Bertz CT molecular complexity index is 236. The summed E-state index contributed by atoms with van der Waals surface area (Å²) in [5, 5.41) is 35.6. The Morgan fingerprint density at radius 3 is 0.652 bits per heavy atom. The molecule has 0 aromatic heterocycles. The van der Waals surface area contributed by atoms with Crippen molar-refractivity contribution in [2.24, 2.45) is 11.5 Å². The van der Waals surface area contributed by atoms with Gasteiger partial charge in [-0.2, -0.15) is 0 Å². The van der Waals surface area contributed by atoms with E-state index in [-0.39, 0.29) is 23.2 Å². The molecular formula is C11H26FeN3O8. The van der Waals surface area contributed by atoms with Crippen LogP contribution in [0.15, 0.2) is 0 Å². The zero-order valence-corrected chi connectivity index (χ0v) is 15.4. The van der Waals surface area contributed by atoms with Crippen LogP contribution in [0.25, 0.3) is 0 Å². The summed E-state index contributed by atoms with van der Waals surface area (Å²) in [7, 11) is 0. The normalized spacial score (nSPS) is 6.96. The first-order valence-corrected chi connectivity index (χ1v) is 5.21. The SMILES string of the molecule is CC(=O)[O-].CC(=O)[O-].CC(=O)[O-].CC(=O)[O-].CC(C)(N)N.[Fe+3].[NH4+]. The molecule has 0 unspecified atom stereocenters. The van der Waals surface area contributed by atoms with E-state index in [0.29, 0.717) is 0 Å². The molecule has 8 N–H and O–H groups in total. The molecule has 0 aliphatic heterocycles. The Kier molecular flexibility index (Phi) is 53.1. The molecule has 141 valence electrons. The van der Waals surface area contributed by atoms with E-state index in [1.54, 1.807) is 13.8 Å². The minimum Gasteiger partial charge on any atom is -0.550 e. The zero-order valence-electron chi connectivity index (χ0n) is 14.3. The van der Waals surface area contributed by atoms with Crippen LogP contribution in [-0.4, -0.2) is 29.5 Å². The molecule has 0 amide bonds. The minimum atomic E-state index is -1.08. The van der Waals surface area contributed by atoms with Gasteiger partial charge in [0.1, 0.15) is 0 Å². The fraction of sp³-hybridized carbons (Fsp3) is 0.636. The molecule has 0 saturated heterocycles. The maximum absolute atomic E-state index is 8.89. The molecule has 23 heavy (non-hydrogen) atoms. The summed E-state index contributed by atoms with van der Waals surface area (Å²) in [5.74, 6) is -4.33. The molecule has 0 aliphatic carbocycles. The monoisotopic (exact) mass is 384 g/mol. The molecule has 12 heteroatoms. The average Bonchev–Trinajstić information content (AvgIpc) is 1.91. The summed E-state index contributed by atoms with van der Waals surface area (Å²) in [5.41, 5.74) is 9.76. The Morgan fingerprint density at radius 2 is 0.652 bits per heavy atom. The molecule has 0 spiro atoms. The van der Waals surface area contributed by atoms with Crippen LogP contribution in [0.4, 0.5) is 0 Å². The topological polar surface area (TPSA) is 249 Å². The molecule has 1 radical (unpaired) electrons. The standard InChI is InChI=1S/C3H10N2.4C2H4O2.Fe.H3N/c1-3(2,4)5;4*1-2(3)4;;/h4-5H2,1-2H3;4*1H3,(H,3,4);;1H3/q;;;;;+3;/p-3. The first-order chi connectivity index (χ1) is 8.93. The fourth-order valence-corrected chi connectivity index (χ4v) is 0.